The van der Waals surface area contributed by atoms with Crippen molar-refractivity contribution in [3.63, 3.8) is 0 Å². The SMILES string of the molecule is CC(CNC(C)(CN)Cc1ccccc1)C1CC1. The normalized spacial score (nSPS) is 20.4. The molecule has 0 aliphatic heterocycles. The molecule has 2 nitrogen and oxygen atoms in total. The number of nitrogens with one attached hydrogen (secondary N) is 1. The highest BCUT2D eigenvalue weighted by Gasteiger charge is 2.30. The van der Waals surface area contributed by atoms with Crippen LogP contribution in [0.25, 0.3) is 0 Å². The van der Waals surface area contributed by atoms with E-state index in [4.69, 9.17) is 5.73 Å². The number of rotatable bonds is 7. The molecule has 1 fully saturated rings. The molecule has 2 rings (SSSR count). The number of nitrogens with two attached hydrogens (primary N) is 1. The van der Waals surface area contributed by atoms with Crippen molar-refractivity contribution < 1.29 is 0 Å². The van der Waals surface area contributed by atoms with Crippen molar-refractivity contribution in [2.75, 3.05) is 13.1 Å². The van der Waals surface area contributed by atoms with Gasteiger partial charge in [0.1, 0.15) is 0 Å². The van der Waals surface area contributed by atoms with Crippen LogP contribution in [0.5, 0.6) is 0 Å². The van der Waals surface area contributed by atoms with Crippen LogP contribution >= 0.6 is 0 Å². The van der Waals surface area contributed by atoms with Crippen LogP contribution < -0.4 is 11.1 Å². The molecule has 0 bridgehead atoms. The first-order valence-electron chi connectivity index (χ1n) is 7.12. The average molecular weight is 246 g/mol. The molecule has 18 heavy (non-hydrogen) atoms. The van der Waals surface area contributed by atoms with Crippen molar-refractivity contribution in [3.05, 3.63) is 35.9 Å². The zero-order valence-electron chi connectivity index (χ0n) is 11.7. The van der Waals surface area contributed by atoms with Crippen LogP contribution in [0.15, 0.2) is 30.3 Å². The zero-order valence-corrected chi connectivity index (χ0v) is 11.7. The summed E-state index contributed by atoms with van der Waals surface area (Å²) in [5.74, 6) is 1.74. The van der Waals surface area contributed by atoms with Gasteiger partial charge in [-0.05, 0) is 50.1 Å². The third kappa shape index (κ3) is 3.82. The highest BCUT2D eigenvalue weighted by molar-refractivity contribution is 5.17. The van der Waals surface area contributed by atoms with E-state index in [2.05, 4.69) is 49.5 Å². The quantitative estimate of drug-likeness (QED) is 0.776. The molecule has 2 heteroatoms. The second-order valence-corrected chi connectivity index (χ2v) is 6.12. The summed E-state index contributed by atoms with van der Waals surface area (Å²) in [5, 5.41) is 3.69. The van der Waals surface area contributed by atoms with E-state index in [0.717, 1.165) is 24.8 Å². The van der Waals surface area contributed by atoms with Crippen molar-refractivity contribution in [1.29, 1.82) is 0 Å². The maximum atomic E-state index is 5.97. The lowest BCUT2D eigenvalue weighted by molar-refractivity contribution is 0.322. The first kappa shape index (κ1) is 13.6. The highest BCUT2D eigenvalue weighted by Crippen LogP contribution is 2.36. The molecule has 1 aliphatic rings. The summed E-state index contributed by atoms with van der Waals surface area (Å²) < 4.78 is 0. The van der Waals surface area contributed by atoms with Crippen molar-refractivity contribution >= 4 is 0 Å². The topological polar surface area (TPSA) is 38.0 Å². The number of hydrogen-bond acceptors (Lipinski definition) is 2. The summed E-state index contributed by atoms with van der Waals surface area (Å²) in [7, 11) is 0. The van der Waals surface area contributed by atoms with Crippen molar-refractivity contribution in [3.8, 4) is 0 Å². The lowest BCUT2D eigenvalue weighted by atomic mass is 9.92. The van der Waals surface area contributed by atoms with Crippen LogP contribution in [-0.4, -0.2) is 18.6 Å². The van der Waals surface area contributed by atoms with Crippen LogP contribution in [0.3, 0.4) is 0 Å². The summed E-state index contributed by atoms with van der Waals surface area (Å²) in [5.41, 5.74) is 7.35. The smallest absolute Gasteiger partial charge is 0.0316 e. The summed E-state index contributed by atoms with van der Waals surface area (Å²) in [4.78, 5) is 0. The molecule has 2 atom stereocenters. The van der Waals surface area contributed by atoms with E-state index >= 15 is 0 Å². The Morgan fingerprint density at radius 3 is 2.56 bits per heavy atom. The number of hydrogen-bond donors (Lipinski definition) is 2. The second-order valence-electron chi connectivity index (χ2n) is 6.12. The third-order valence-electron chi connectivity index (χ3n) is 4.17. The molecule has 0 aromatic heterocycles. The molecule has 1 aromatic rings. The molecule has 2 unspecified atom stereocenters. The molecule has 100 valence electrons. The molecule has 0 spiro atoms. The minimum absolute atomic E-state index is 0.0184. The first-order chi connectivity index (χ1) is 8.63. The Hall–Kier alpha value is -0.860. The molecule has 0 saturated heterocycles. The molecule has 0 radical (unpaired) electrons. The maximum Gasteiger partial charge on any atom is 0.0316 e. The van der Waals surface area contributed by atoms with Crippen LogP contribution in [0.1, 0.15) is 32.3 Å². The van der Waals surface area contributed by atoms with Gasteiger partial charge in [-0.15, -0.1) is 0 Å². The summed E-state index contributed by atoms with van der Waals surface area (Å²) in [6.45, 7) is 6.36. The van der Waals surface area contributed by atoms with Crippen molar-refractivity contribution in [1.82, 2.24) is 5.32 Å². The average Bonchev–Trinajstić information content (AvgIpc) is 3.21. The van der Waals surface area contributed by atoms with Gasteiger partial charge in [0.2, 0.25) is 0 Å². The summed E-state index contributed by atoms with van der Waals surface area (Å²) >= 11 is 0. The number of benzene rings is 1. The fourth-order valence-electron chi connectivity index (χ4n) is 2.49. The zero-order chi connectivity index (χ0) is 13.0. The Bertz CT molecular complexity index is 359. The van der Waals surface area contributed by atoms with E-state index in [9.17, 15) is 0 Å². The second kappa shape index (κ2) is 5.85. The molecular formula is C16H26N2. The lowest BCUT2D eigenvalue weighted by Gasteiger charge is -2.31. The molecule has 3 N–H and O–H groups in total. The monoisotopic (exact) mass is 246 g/mol. The minimum atomic E-state index is 0.0184. The van der Waals surface area contributed by atoms with E-state index in [-0.39, 0.29) is 5.54 Å². The van der Waals surface area contributed by atoms with Gasteiger partial charge in [0.15, 0.2) is 0 Å². The van der Waals surface area contributed by atoms with Gasteiger partial charge in [-0.2, -0.15) is 0 Å². The standard InChI is InChI=1S/C16H26N2/c1-13(15-8-9-15)11-18-16(2,12-17)10-14-6-4-3-5-7-14/h3-7,13,15,18H,8-12,17H2,1-2H3. The van der Waals surface area contributed by atoms with Gasteiger partial charge in [-0.1, -0.05) is 37.3 Å². The van der Waals surface area contributed by atoms with Gasteiger partial charge in [0.05, 0.1) is 0 Å². The Morgan fingerprint density at radius 2 is 2.00 bits per heavy atom. The Balaban J connectivity index is 1.88. The fraction of sp³-hybridized carbons (Fsp3) is 0.625. The van der Waals surface area contributed by atoms with Crippen LogP contribution in [0.4, 0.5) is 0 Å². The van der Waals surface area contributed by atoms with Gasteiger partial charge in [-0.25, -0.2) is 0 Å². The maximum absolute atomic E-state index is 5.97. The van der Waals surface area contributed by atoms with Gasteiger partial charge >= 0.3 is 0 Å². The summed E-state index contributed by atoms with van der Waals surface area (Å²) in [6.07, 6.45) is 3.84. The molecule has 0 amide bonds. The van der Waals surface area contributed by atoms with Gasteiger partial charge in [0, 0.05) is 12.1 Å². The first-order valence-corrected chi connectivity index (χ1v) is 7.12. The van der Waals surface area contributed by atoms with Crippen LogP contribution in [-0.2, 0) is 6.42 Å². The van der Waals surface area contributed by atoms with E-state index in [1.54, 1.807) is 0 Å². The van der Waals surface area contributed by atoms with E-state index < -0.39 is 0 Å². The Labute approximate surface area is 111 Å². The van der Waals surface area contributed by atoms with E-state index in [1.165, 1.54) is 18.4 Å². The highest BCUT2D eigenvalue weighted by atomic mass is 15.0. The van der Waals surface area contributed by atoms with E-state index in [0.29, 0.717) is 6.54 Å². The van der Waals surface area contributed by atoms with Gasteiger partial charge < -0.3 is 11.1 Å². The molecule has 1 aromatic carbocycles. The Morgan fingerprint density at radius 1 is 1.33 bits per heavy atom. The molecule has 1 aliphatic carbocycles. The minimum Gasteiger partial charge on any atom is -0.329 e. The molecular weight excluding hydrogens is 220 g/mol. The largest absolute Gasteiger partial charge is 0.329 e. The summed E-state index contributed by atoms with van der Waals surface area (Å²) in [6, 6.07) is 10.6. The van der Waals surface area contributed by atoms with Gasteiger partial charge in [-0.3, -0.25) is 0 Å². The predicted molar refractivity (Wildman–Crippen MR) is 77.5 cm³/mol. The fourth-order valence-corrected chi connectivity index (χ4v) is 2.49. The third-order valence-corrected chi connectivity index (χ3v) is 4.17. The lowest BCUT2D eigenvalue weighted by Crippen LogP contribution is -2.51. The molecule has 0 heterocycles. The Kier molecular flexibility index (Phi) is 4.41. The predicted octanol–water partition coefficient (Wildman–Crippen LogP) is 2.58. The van der Waals surface area contributed by atoms with Crippen molar-refractivity contribution in [2.24, 2.45) is 17.6 Å². The van der Waals surface area contributed by atoms with Crippen LogP contribution in [0.2, 0.25) is 0 Å². The van der Waals surface area contributed by atoms with Gasteiger partial charge in [0.25, 0.3) is 0 Å². The van der Waals surface area contributed by atoms with E-state index in [1.807, 2.05) is 0 Å². The molecule has 1 saturated carbocycles. The van der Waals surface area contributed by atoms with Crippen molar-refractivity contribution in [2.45, 2.75) is 38.6 Å². The van der Waals surface area contributed by atoms with Crippen LogP contribution in [0, 0.1) is 11.8 Å².